The third kappa shape index (κ3) is 4.45. The SMILES string of the molecule is Cc1ccc(C(=O)C[n+]2cccc(NC(=O)c3ccccc3)c2)cc1[N+](=O)[O-]. The van der Waals surface area contributed by atoms with Crippen LogP contribution in [0.3, 0.4) is 0 Å². The molecule has 0 aliphatic carbocycles. The average molecular weight is 376 g/mol. The van der Waals surface area contributed by atoms with Crippen LogP contribution in [0.5, 0.6) is 0 Å². The summed E-state index contributed by atoms with van der Waals surface area (Å²) in [7, 11) is 0. The van der Waals surface area contributed by atoms with Crippen molar-refractivity contribution in [2.75, 3.05) is 5.32 Å². The summed E-state index contributed by atoms with van der Waals surface area (Å²) >= 11 is 0. The molecule has 3 aromatic rings. The number of carbonyl (C=O) groups is 2. The highest BCUT2D eigenvalue weighted by Gasteiger charge is 2.18. The van der Waals surface area contributed by atoms with Crippen LogP contribution >= 0.6 is 0 Å². The second-order valence-electron chi connectivity index (χ2n) is 6.27. The molecule has 0 unspecified atom stereocenters. The van der Waals surface area contributed by atoms with Gasteiger partial charge in [0.2, 0.25) is 12.3 Å². The Morgan fingerprint density at radius 1 is 1.04 bits per heavy atom. The molecule has 0 spiro atoms. The molecule has 1 heterocycles. The van der Waals surface area contributed by atoms with E-state index in [-0.39, 0.29) is 29.5 Å². The fourth-order valence-electron chi connectivity index (χ4n) is 2.72. The largest absolute Gasteiger partial charge is 0.317 e. The predicted octanol–water partition coefficient (Wildman–Crippen LogP) is 3.33. The van der Waals surface area contributed by atoms with Crippen molar-refractivity contribution in [3.8, 4) is 0 Å². The summed E-state index contributed by atoms with van der Waals surface area (Å²) in [5.41, 5.74) is 1.75. The van der Waals surface area contributed by atoms with Crippen LogP contribution in [0.1, 0.15) is 26.3 Å². The fraction of sp³-hybridized carbons (Fsp3) is 0.0952. The Bertz CT molecular complexity index is 1050. The van der Waals surface area contributed by atoms with Gasteiger partial charge in [0.05, 0.1) is 4.92 Å². The molecule has 1 N–H and O–H groups in total. The number of pyridine rings is 1. The lowest BCUT2D eigenvalue weighted by Crippen LogP contribution is -2.37. The zero-order valence-electron chi connectivity index (χ0n) is 15.2. The monoisotopic (exact) mass is 376 g/mol. The molecular formula is C21H18N3O4+. The van der Waals surface area contributed by atoms with E-state index in [1.807, 2.05) is 6.07 Å². The van der Waals surface area contributed by atoms with Gasteiger partial charge < -0.3 is 5.32 Å². The number of anilines is 1. The van der Waals surface area contributed by atoms with Crippen molar-refractivity contribution in [2.45, 2.75) is 13.5 Å². The molecule has 0 saturated carbocycles. The summed E-state index contributed by atoms with van der Waals surface area (Å²) in [6, 6.07) is 16.7. The molecule has 140 valence electrons. The summed E-state index contributed by atoms with van der Waals surface area (Å²) in [5.74, 6) is -0.515. The number of carbonyl (C=O) groups excluding carboxylic acids is 2. The molecule has 1 amide bonds. The molecule has 0 aliphatic rings. The molecule has 0 fully saturated rings. The molecule has 7 heteroatoms. The van der Waals surface area contributed by atoms with E-state index in [0.717, 1.165) is 0 Å². The van der Waals surface area contributed by atoms with E-state index in [4.69, 9.17) is 0 Å². The number of aryl methyl sites for hydroxylation is 1. The Morgan fingerprint density at radius 2 is 1.79 bits per heavy atom. The number of ketones is 1. The Kier molecular flexibility index (Phi) is 5.55. The average Bonchev–Trinajstić information content (AvgIpc) is 2.69. The van der Waals surface area contributed by atoms with Crippen LogP contribution in [0.25, 0.3) is 0 Å². The van der Waals surface area contributed by atoms with E-state index >= 15 is 0 Å². The molecule has 28 heavy (non-hydrogen) atoms. The number of aromatic nitrogens is 1. The number of amides is 1. The summed E-state index contributed by atoms with van der Waals surface area (Å²) in [5, 5.41) is 13.9. The van der Waals surface area contributed by atoms with Crippen LogP contribution in [-0.2, 0) is 6.54 Å². The fourth-order valence-corrected chi connectivity index (χ4v) is 2.72. The molecule has 0 saturated heterocycles. The minimum absolute atomic E-state index is 0.00470. The smallest absolute Gasteiger partial charge is 0.273 e. The van der Waals surface area contributed by atoms with Crippen LogP contribution in [0, 0.1) is 17.0 Å². The maximum absolute atomic E-state index is 12.5. The lowest BCUT2D eigenvalue weighted by Gasteiger charge is -2.05. The molecule has 2 aromatic carbocycles. The molecule has 0 aliphatic heterocycles. The Hall–Kier alpha value is -3.87. The first-order valence-corrected chi connectivity index (χ1v) is 8.58. The minimum atomic E-state index is -0.501. The van der Waals surface area contributed by atoms with Crippen molar-refractivity contribution in [3.63, 3.8) is 0 Å². The Labute approximate surface area is 161 Å². The molecule has 3 rings (SSSR count). The van der Waals surface area contributed by atoms with Crippen molar-refractivity contribution in [1.29, 1.82) is 0 Å². The van der Waals surface area contributed by atoms with Crippen molar-refractivity contribution in [1.82, 2.24) is 0 Å². The first-order valence-electron chi connectivity index (χ1n) is 8.58. The number of Topliss-reactive ketones (excluding diaryl/α,β-unsaturated/α-hetero) is 1. The van der Waals surface area contributed by atoms with Crippen molar-refractivity contribution >= 4 is 23.1 Å². The van der Waals surface area contributed by atoms with Gasteiger partial charge in [-0.3, -0.25) is 19.7 Å². The van der Waals surface area contributed by atoms with Gasteiger partial charge in [0, 0.05) is 28.8 Å². The lowest BCUT2D eigenvalue weighted by atomic mass is 10.1. The summed E-state index contributed by atoms with van der Waals surface area (Å²) < 4.78 is 1.62. The number of rotatable bonds is 6. The van der Waals surface area contributed by atoms with Crippen molar-refractivity contribution in [3.05, 3.63) is 99.9 Å². The van der Waals surface area contributed by atoms with Gasteiger partial charge in [-0.05, 0) is 25.1 Å². The first-order chi connectivity index (χ1) is 13.4. The second-order valence-corrected chi connectivity index (χ2v) is 6.27. The highest BCUT2D eigenvalue weighted by atomic mass is 16.6. The molecule has 0 radical (unpaired) electrons. The van der Waals surface area contributed by atoms with Gasteiger partial charge in [-0.25, -0.2) is 0 Å². The van der Waals surface area contributed by atoms with Crippen LogP contribution in [-0.4, -0.2) is 16.6 Å². The van der Waals surface area contributed by atoms with E-state index < -0.39 is 4.92 Å². The van der Waals surface area contributed by atoms with E-state index in [1.165, 1.54) is 6.07 Å². The molecule has 1 aromatic heterocycles. The molecule has 7 nitrogen and oxygen atoms in total. The normalized spacial score (nSPS) is 10.3. The maximum atomic E-state index is 12.5. The quantitative estimate of drug-likeness (QED) is 0.309. The minimum Gasteiger partial charge on any atom is -0.317 e. The van der Waals surface area contributed by atoms with Crippen LogP contribution in [0.2, 0.25) is 0 Å². The molecule has 0 bridgehead atoms. The van der Waals surface area contributed by atoms with Gasteiger partial charge in [0.15, 0.2) is 12.4 Å². The number of benzene rings is 2. The Balaban J connectivity index is 1.74. The third-order valence-corrected chi connectivity index (χ3v) is 4.21. The Morgan fingerprint density at radius 3 is 2.50 bits per heavy atom. The third-order valence-electron chi connectivity index (χ3n) is 4.21. The number of nitro benzene ring substituents is 1. The van der Waals surface area contributed by atoms with E-state index in [1.54, 1.807) is 72.4 Å². The maximum Gasteiger partial charge on any atom is 0.273 e. The van der Waals surface area contributed by atoms with Crippen molar-refractivity contribution in [2.24, 2.45) is 0 Å². The van der Waals surface area contributed by atoms with Gasteiger partial charge in [-0.2, -0.15) is 4.57 Å². The van der Waals surface area contributed by atoms with E-state index in [9.17, 15) is 19.7 Å². The van der Waals surface area contributed by atoms with Crippen LogP contribution < -0.4 is 9.88 Å². The van der Waals surface area contributed by atoms with Gasteiger partial charge in [0.25, 0.3) is 11.6 Å². The highest BCUT2D eigenvalue weighted by Crippen LogP contribution is 2.19. The number of nitro groups is 1. The number of hydrogen-bond donors (Lipinski definition) is 1. The standard InChI is InChI=1S/C21H17N3O4/c1-15-9-10-17(12-19(15)24(27)28)20(25)14-23-11-5-8-18(13-23)22-21(26)16-6-3-2-4-7-16/h2-13H,14H2,1H3/p+1. The van der Waals surface area contributed by atoms with Gasteiger partial charge in [-0.15, -0.1) is 0 Å². The van der Waals surface area contributed by atoms with Gasteiger partial charge in [-0.1, -0.05) is 30.3 Å². The van der Waals surface area contributed by atoms with E-state index in [0.29, 0.717) is 16.8 Å². The first kappa shape index (κ1) is 18.9. The topological polar surface area (TPSA) is 93.2 Å². The van der Waals surface area contributed by atoms with Gasteiger partial charge in [0.1, 0.15) is 5.69 Å². The number of hydrogen-bond acceptors (Lipinski definition) is 4. The zero-order valence-corrected chi connectivity index (χ0v) is 15.2. The summed E-state index contributed by atoms with van der Waals surface area (Å²) in [4.78, 5) is 35.3. The van der Waals surface area contributed by atoms with Gasteiger partial charge >= 0.3 is 0 Å². The molecular weight excluding hydrogens is 358 g/mol. The van der Waals surface area contributed by atoms with Crippen LogP contribution in [0.4, 0.5) is 11.4 Å². The van der Waals surface area contributed by atoms with E-state index in [2.05, 4.69) is 5.32 Å². The predicted molar refractivity (Wildman–Crippen MR) is 103 cm³/mol. The number of nitrogens with one attached hydrogen (secondary N) is 1. The van der Waals surface area contributed by atoms with Crippen LogP contribution in [0.15, 0.2) is 73.1 Å². The van der Waals surface area contributed by atoms with Crippen molar-refractivity contribution < 1.29 is 19.1 Å². The zero-order chi connectivity index (χ0) is 20.1. The second kappa shape index (κ2) is 8.22. The highest BCUT2D eigenvalue weighted by molar-refractivity contribution is 6.04. The molecule has 0 atom stereocenters. The summed E-state index contributed by atoms with van der Waals surface area (Å²) in [6.45, 7) is 1.62. The number of nitrogens with zero attached hydrogens (tertiary/aromatic N) is 2. The lowest BCUT2D eigenvalue weighted by molar-refractivity contribution is -0.682. The summed E-state index contributed by atoms with van der Waals surface area (Å²) in [6.07, 6.45) is 3.33.